The SMILES string of the molecule is C=CC(=O)N1CC2(CCN(c3ncnc(-c4c(C)ccc5[nH]cnc45)c3C#N)C2)C1. The van der Waals surface area contributed by atoms with E-state index < -0.39 is 0 Å². The molecule has 2 fully saturated rings. The monoisotopic (exact) mass is 399 g/mol. The van der Waals surface area contributed by atoms with Crippen LogP contribution in [0.3, 0.4) is 0 Å². The van der Waals surface area contributed by atoms with Crippen molar-refractivity contribution in [1.29, 1.82) is 5.26 Å². The van der Waals surface area contributed by atoms with E-state index >= 15 is 0 Å². The zero-order valence-corrected chi connectivity index (χ0v) is 16.7. The molecule has 2 aromatic heterocycles. The molecule has 1 amide bonds. The topological polar surface area (TPSA) is 102 Å². The number of anilines is 1. The summed E-state index contributed by atoms with van der Waals surface area (Å²) in [4.78, 5) is 32.3. The summed E-state index contributed by atoms with van der Waals surface area (Å²) in [5.41, 5.74) is 4.70. The Morgan fingerprint density at radius 1 is 1.30 bits per heavy atom. The highest BCUT2D eigenvalue weighted by atomic mass is 16.2. The van der Waals surface area contributed by atoms with Crippen molar-refractivity contribution in [3.8, 4) is 17.3 Å². The Hall–Kier alpha value is -3.73. The Morgan fingerprint density at radius 3 is 2.90 bits per heavy atom. The van der Waals surface area contributed by atoms with Crippen molar-refractivity contribution in [3.63, 3.8) is 0 Å². The summed E-state index contributed by atoms with van der Waals surface area (Å²) in [6.07, 6.45) is 5.50. The van der Waals surface area contributed by atoms with E-state index in [1.807, 2.05) is 24.0 Å². The molecule has 0 bridgehead atoms. The van der Waals surface area contributed by atoms with Crippen LogP contribution in [0, 0.1) is 23.7 Å². The number of benzene rings is 1. The quantitative estimate of drug-likeness (QED) is 0.679. The number of nitrogens with one attached hydrogen (secondary N) is 1. The molecule has 1 spiro atoms. The largest absolute Gasteiger partial charge is 0.355 e. The van der Waals surface area contributed by atoms with Crippen LogP contribution >= 0.6 is 0 Å². The predicted octanol–water partition coefficient (Wildman–Crippen LogP) is 2.42. The molecular formula is C22H21N7O. The zero-order chi connectivity index (χ0) is 20.9. The van der Waals surface area contributed by atoms with Crippen molar-refractivity contribution < 1.29 is 4.79 Å². The molecule has 5 rings (SSSR count). The van der Waals surface area contributed by atoms with Crippen molar-refractivity contribution in [2.24, 2.45) is 5.41 Å². The molecule has 0 saturated carbocycles. The Morgan fingerprint density at radius 2 is 2.13 bits per heavy atom. The summed E-state index contributed by atoms with van der Waals surface area (Å²) in [6, 6.07) is 6.32. The number of hydrogen-bond donors (Lipinski definition) is 1. The maximum absolute atomic E-state index is 11.8. The number of amides is 1. The van der Waals surface area contributed by atoms with Crippen LogP contribution < -0.4 is 4.90 Å². The molecule has 0 aliphatic carbocycles. The highest BCUT2D eigenvalue weighted by Gasteiger charge is 2.49. The van der Waals surface area contributed by atoms with Crippen molar-refractivity contribution >= 4 is 22.8 Å². The Bertz CT molecular complexity index is 1220. The minimum absolute atomic E-state index is 0.0244. The van der Waals surface area contributed by atoms with E-state index in [4.69, 9.17) is 0 Å². The Kier molecular flexibility index (Phi) is 4.07. The number of aromatic nitrogens is 4. The molecule has 2 aliphatic rings. The minimum Gasteiger partial charge on any atom is -0.355 e. The number of carbonyl (C=O) groups is 1. The van der Waals surface area contributed by atoms with Crippen LogP contribution in [0.15, 0.2) is 37.4 Å². The summed E-state index contributed by atoms with van der Waals surface area (Å²) in [5.74, 6) is 0.628. The number of hydrogen-bond acceptors (Lipinski definition) is 6. The maximum Gasteiger partial charge on any atom is 0.245 e. The van der Waals surface area contributed by atoms with Gasteiger partial charge in [0.15, 0.2) is 5.82 Å². The first kappa shape index (κ1) is 18.3. The first-order valence-corrected chi connectivity index (χ1v) is 9.90. The van der Waals surface area contributed by atoms with Gasteiger partial charge in [0.1, 0.15) is 18.0 Å². The van der Waals surface area contributed by atoms with E-state index in [0.29, 0.717) is 17.1 Å². The second-order valence-electron chi connectivity index (χ2n) is 8.16. The van der Waals surface area contributed by atoms with Gasteiger partial charge < -0.3 is 14.8 Å². The van der Waals surface area contributed by atoms with Crippen LogP contribution in [0.2, 0.25) is 0 Å². The molecule has 1 N–H and O–H groups in total. The van der Waals surface area contributed by atoms with Gasteiger partial charge in [-0.25, -0.2) is 15.0 Å². The van der Waals surface area contributed by atoms with Gasteiger partial charge in [-0.05, 0) is 31.1 Å². The normalized spacial score (nSPS) is 17.2. The summed E-state index contributed by atoms with van der Waals surface area (Å²) < 4.78 is 0. The molecule has 0 atom stereocenters. The van der Waals surface area contributed by atoms with Crippen molar-refractivity contribution in [3.05, 3.63) is 48.6 Å². The van der Waals surface area contributed by atoms with Gasteiger partial charge in [-0.3, -0.25) is 4.79 Å². The van der Waals surface area contributed by atoms with Gasteiger partial charge in [0.2, 0.25) is 5.91 Å². The smallest absolute Gasteiger partial charge is 0.245 e. The van der Waals surface area contributed by atoms with E-state index in [0.717, 1.165) is 54.8 Å². The van der Waals surface area contributed by atoms with Gasteiger partial charge in [-0.1, -0.05) is 12.6 Å². The summed E-state index contributed by atoms with van der Waals surface area (Å²) in [7, 11) is 0. The maximum atomic E-state index is 11.8. The summed E-state index contributed by atoms with van der Waals surface area (Å²) in [5, 5.41) is 10.0. The summed E-state index contributed by atoms with van der Waals surface area (Å²) in [6.45, 7) is 8.57. The van der Waals surface area contributed by atoms with Crippen molar-refractivity contribution in [2.75, 3.05) is 31.1 Å². The fraction of sp³-hybridized carbons (Fsp3) is 0.318. The number of nitriles is 1. The highest BCUT2D eigenvalue weighted by Crippen LogP contribution is 2.42. The number of aryl methyl sites for hydroxylation is 1. The molecule has 8 heteroatoms. The van der Waals surface area contributed by atoms with Crippen LogP contribution in [0.25, 0.3) is 22.3 Å². The van der Waals surface area contributed by atoms with Crippen LogP contribution in [0.1, 0.15) is 17.5 Å². The van der Waals surface area contributed by atoms with E-state index in [-0.39, 0.29) is 11.3 Å². The molecule has 8 nitrogen and oxygen atoms in total. The lowest BCUT2D eigenvalue weighted by atomic mass is 9.79. The molecule has 0 unspecified atom stereocenters. The predicted molar refractivity (Wildman–Crippen MR) is 113 cm³/mol. The number of H-pyrrole nitrogens is 1. The van der Waals surface area contributed by atoms with Gasteiger partial charge in [0, 0.05) is 37.2 Å². The molecule has 0 radical (unpaired) electrons. The Labute approximate surface area is 173 Å². The second-order valence-corrected chi connectivity index (χ2v) is 8.16. The molecule has 4 heterocycles. The lowest BCUT2D eigenvalue weighted by Gasteiger charge is -2.47. The van der Waals surface area contributed by atoms with E-state index in [1.54, 1.807) is 6.33 Å². The van der Waals surface area contributed by atoms with E-state index in [9.17, 15) is 10.1 Å². The van der Waals surface area contributed by atoms with Crippen molar-refractivity contribution in [1.82, 2.24) is 24.8 Å². The Balaban J connectivity index is 1.51. The third-order valence-corrected chi connectivity index (χ3v) is 6.25. The third-order valence-electron chi connectivity index (χ3n) is 6.25. The van der Waals surface area contributed by atoms with E-state index in [2.05, 4.69) is 37.5 Å². The van der Waals surface area contributed by atoms with Crippen LogP contribution in [-0.2, 0) is 4.79 Å². The van der Waals surface area contributed by atoms with Crippen molar-refractivity contribution in [2.45, 2.75) is 13.3 Å². The molecule has 3 aromatic rings. The average molecular weight is 399 g/mol. The van der Waals surface area contributed by atoms with Gasteiger partial charge in [-0.15, -0.1) is 0 Å². The highest BCUT2D eigenvalue weighted by molar-refractivity contribution is 5.95. The lowest BCUT2D eigenvalue weighted by Crippen LogP contribution is -2.59. The van der Waals surface area contributed by atoms with Gasteiger partial charge >= 0.3 is 0 Å². The second kappa shape index (κ2) is 6.66. The number of fused-ring (bicyclic) bond motifs is 1. The third kappa shape index (κ3) is 2.66. The molecule has 2 aliphatic heterocycles. The number of imidazole rings is 1. The number of carbonyl (C=O) groups excluding carboxylic acids is 1. The van der Waals surface area contributed by atoms with Crippen LogP contribution in [-0.4, -0.2) is 56.9 Å². The molecular weight excluding hydrogens is 378 g/mol. The first-order valence-electron chi connectivity index (χ1n) is 9.90. The molecule has 150 valence electrons. The minimum atomic E-state index is -0.0244. The first-order chi connectivity index (χ1) is 14.5. The number of nitrogens with zero attached hydrogens (tertiary/aromatic N) is 6. The van der Waals surface area contributed by atoms with Gasteiger partial charge in [0.05, 0.1) is 23.1 Å². The molecule has 2 saturated heterocycles. The summed E-state index contributed by atoms with van der Waals surface area (Å²) >= 11 is 0. The number of likely N-dealkylation sites (tertiary alicyclic amines) is 1. The number of aromatic amines is 1. The van der Waals surface area contributed by atoms with Crippen LogP contribution in [0.5, 0.6) is 0 Å². The van der Waals surface area contributed by atoms with Gasteiger partial charge in [-0.2, -0.15) is 5.26 Å². The van der Waals surface area contributed by atoms with Gasteiger partial charge in [0.25, 0.3) is 0 Å². The fourth-order valence-electron chi connectivity index (χ4n) is 4.74. The van der Waals surface area contributed by atoms with E-state index in [1.165, 1.54) is 12.4 Å². The average Bonchev–Trinajstić information content (AvgIpc) is 3.39. The molecule has 1 aromatic carbocycles. The molecule has 30 heavy (non-hydrogen) atoms. The lowest BCUT2D eigenvalue weighted by molar-refractivity contribution is -0.136. The number of rotatable bonds is 3. The zero-order valence-electron chi connectivity index (χ0n) is 16.7. The standard InChI is InChI=1S/C22H21N7O/c1-3-17(30)29-10-22(11-29)6-7-28(9-22)21-15(8-23)19(25-13-27-21)18-14(2)4-5-16-20(18)26-12-24-16/h3-5,12-13H,1,6-7,9-11H2,2H3,(H,24,26). The van der Waals surface area contributed by atoms with Crippen LogP contribution in [0.4, 0.5) is 5.82 Å². The fourth-order valence-corrected chi connectivity index (χ4v) is 4.74.